The Morgan fingerprint density at radius 3 is 2.42 bits per heavy atom. The predicted octanol–water partition coefficient (Wildman–Crippen LogP) is 7.45. The van der Waals surface area contributed by atoms with E-state index < -0.39 is 0 Å². The van der Waals surface area contributed by atoms with Gasteiger partial charge in [0.2, 0.25) is 0 Å². The van der Waals surface area contributed by atoms with Gasteiger partial charge in [0.25, 0.3) is 0 Å². The number of aromatic nitrogens is 2. The molecule has 0 bridgehead atoms. The van der Waals surface area contributed by atoms with Crippen molar-refractivity contribution in [1.82, 2.24) is 14.7 Å². The number of halogens is 4. The zero-order chi connectivity index (χ0) is 21.9. The van der Waals surface area contributed by atoms with Crippen molar-refractivity contribution in [3.63, 3.8) is 0 Å². The number of allylic oxidation sites excluding steroid dienone is 2. The highest BCUT2D eigenvalue weighted by Crippen LogP contribution is 2.47. The van der Waals surface area contributed by atoms with Crippen molar-refractivity contribution in [1.29, 1.82) is 0 Å². The fourth-order valence-electron chi connectivity index (χ4n) is 3.95. The molecule has 3 heterocycles. The molecule has 5 rings (SSSR count). The molecule has 1 aromatic heterocycles. The number of hydrogen-bond donors (Lipinski definition) is 0. The second-order valence-corrected chi connectivity index (χ2v) is 9.09. The molecule has 0 aliphatic carbocycles. The normalized spacial score (nSPS) is 17.5. The number of amidine groups is 1. The lowest BCUT2D eigenvalue weighted by Crippen LogP contribution is -2.36. The Morgan fingerprint density at radius 1 is 0.935 bits per heavy atom. The Kier molecular flexibility index (Phi) is 5.14. The van der Waals surface area contributed by atoms with Crippen LogP contribution < -0.4 is 0 Å². The number of hydrogen-bond acceptors (Lipinski definition) is 3. The van der Waals surface area contributed by atoms with Crippen LogP contribution in [0.25, 0.3) is 5.69 Å². The standard InChI is InChI=1S/C23H16Cl4N4/c1-12-6-8-15(9-7-12)31-23-19(13(2)29-31)21(16-4-3-5-17(25)20(16)27)30-11-14(24)10-18(26)22(30)28-23/h3-11,21H,1-2H3/t21-/m0/s1. The molecule has 0 saturated carbocycles. The summed E-state index contributed by atoms with van der Waals surface area (Å²) in [6, 6.07) is 13.4. The molecule has 0 radical (unpaired) electrons. The van der Waals surface area contributed by atoms with E-state index in [1.807, 2.05) is 59.8 Å². The number of fused-ring (bicyclic) bond motifs is 2. The van der Waals surface area contributed by atoms with Crippen LogP contribution in [-0.2, 0) is 0 Å². The summed E-state index contributed by atoms with van der Waals surface area (Å²) < 4.78 is 1.84. The number of aliphatic imine (C=N–C) groups is 1. The summed E-state index contributed by atoms with van der Waals surface area (Å²) in [4.78, 5) is 6.82. The number of nitrogens with zero attached hydrogens (tertiary/aromatic N) is 4. The van der Waals surface area contributed by atoms with Crippen LogP contribution in [0.5, 0.6) is 0 Å². The summed E-state index contributed by atoms with van der Waals surface area (Å²) in [6.45, 7) is 4.01. The van der Waals surface area contributed by atoms with E-state index in [0.29, 0.717) is 31.8 Å². The van der Waals surface area contributed by atoms with Gasteiger partial charge in [-0.3, -0.25) is 0 Å². The SMILES string of the molecule is Cc1ccc(-n2nc(C)c3c2N=C2C(Cl)=CC(Cl)=CN2[C@H]3c2cccc(Cl)c2Cl)cc1. The first-order valence-corrected chi connectivity index (χ1v) is 11.1. The lowest BCUT2D eigenvalue weighted by Gasteiger charge is -2.37. The molecule has 0 N–H and O–H groups in total. The van der Waals surface area contributed by atoms with Gasteiger partial charge in [-0.15, -0.1) is 0 Å². The van der Waals surface area contributed by atoms with Crippen molar-refractivity contribution in [3.05, 3.63) is 97.2 Å². The van der Waals surface area contributed by atoms with Crippen LogP contribution in [0, 0.1) is 13.8 Å². The minimum Gasteiger partial charge on any atom is -0.318 e. The second-order valence-electron chi connectivity index (χ2n) is 7.46. The molecular formula is C23H16Cl4N4. The van der Waals surface area contributed by atoms with Gasteiger partial charge in [-0.1, -0.05) is 76.2 Å². The predicted molar refractivity (Wildman–Crippen MR) is 128 cm³/mol. The van der Waals surface area contributed by atoms with Crippen molar-refractivity contribution in [2.45, 2.75) is 19.9 Å². The van der Waals surface area contributed by atoms with Gasteiger partial charge < -0.3 is 4.90 Å². The van der Waals surface area contributed by atoms with E-state index in [0.717, 1.165) is 22.5 Å². The van der Waals surface area contributed by atoms with E-state index in [-0.39, 0.29) is 6.04 Å². The fourth-order valence-corrected chi connectivity index (χ4v) is 4.88. The van der Waals surface area contributed by atoms with E-state index in [2.05, 4.69) is 0 Å². The Balaban J connectivity index is 1.81. The molecule has 0 fully saturated rings. The molecule has 2 aromatic carbocycles. The molecule has 2 aliphatic heterocycles. The van der Waals surface area contributed by atoms with Crippen LogP contribution in [0.3, 0.4) is 0 Å². The van der Waals surface area contributed by atoms with Crippen molar-refractivity contribution in [2.24, 2.45) is 4.99 Å². The van der Waals surface area contributed by atoms with E-state index >= 15 is 0 Å². The summed E-state index contributed by atoms with van der Waals surface area (Å²) in [5.41, 5.74) is 4.64. The molecule has 1 atom stereocenters. The van der Waals surface area contributed by atoms with Gasteiger partial charge in [0.15, 0.2) is 11.7 Å². The maximum absolute atomic E-state index is 6.66. The third-order valence-corrected chi connectivity index (χ3v) is 6.70. The van der Waals surface area contributed by atoms with Gasteiger partial charge in [-0.05, 0) is 43.7 Å². The van der Waals surface area contributed by atoms with Gasteiger partial charge >= 0.3 is 0 Å². The molecular weight excluding hydrogens is 474 g/mol. The van der Waals surface area contributed by atoms with Crippen molar-refractivity contribution < 1.29 is 0 Å². The van der Waals surface area contributed by atoms with Crippen LogP contribution in [-0.4, -0.2) is 20.5 Å². The van der Waals surface area contributed by atoms with Crippen LogP contribution in [0.2, 0.25) is 10.0 Å². The minimum atomic E-state index is -0.343. The van der Waals surface area contributed by atoms with Gasteiger partial charge in [-0.2, -0.15) is 5.10 Å². The first-order chi connectivity index (χ1) is 14.8. The molecule has 0 unspecified atom stereocenters. The molecule has 156 valence electrons. The molecule has 2 aliphatic rings. The maximum Gasteiger partial charge on any atom is 0.164 e. The Morgan fingerprint density at radius 2 is 1.68 bits per heavy atom. The summed E-state index contributed by atoms with van der Waals surface area (Å²) in [5.74, 6) is 1.28. The smallest absolute Gasteiger partial charge is 0.164 e. The topological polar surface area (TPSA) is 33.4 Å². The Hall–Kier alpha value is -2.24. The average Bonchev–Trinajstić information content (AvgIpc) is 3.06. The van der Waals surface area contributed by atoms with E-state index in [4.69, 9.17) is 56.5 Å². The molecule has 0 spiro atoms. The third-order valence-electron chi connectivity index (χ3n) is 5.38. The summed E-state index contributed by atoms with van der Waals surface area (Å²) >= 11 is 26.0. The molecule has 31 heavy (non-hydrogen) atoms. The summed E-state index contributed by atoms with van der Waals surface area (Å²) in [7, 11) is 0. The Labute approximate surface area is 200 Å². The van der Waals surface area contributed by atoms with Crippen molar-refractivity contribution in [2.75, 3.05) is 0 Å². The average molecular weight is 490 g/mol. The zero-order valence-electron chi connectivity index (χ0n) is 16.6. The maximum atomic E-state index is 6.66. The second kappa shape index (κ2) is 7.72. The van der Waals surface area contributed by atoms with E-state index in [9.17, 15) is 0 Å². The highest BCUT2D eigenvalue weighted by molar-refractivity contribution is 6.46. The molecule has 3 aromatic rings. The minimum absolute atomic E-state index is 0.343. The van der Waals surface area contributed by atoms with Crippen LogP contribution in [0.15, 0.2) is 69.8 Å². The number of benzene rings is 2. The quantitative estimate of drug-likeness (QED) is 0.374. The van der Waals surface area contributed by atoms with Crippen molar-refractivity contribution in [3.8, 4) is 5.69 Å². The lowest BCUT2D eigenvalue weighted by molar-refractivity contribution is 0.460. The van der Waals surface area contributed by atoms with Gasteiger partial charge in [-0.25, -0.2) is 9.67 Å². The first-order valence-electron chi connectivity index (χ1n) is 9.57. The number of rotatable bonds is 2. The van der Waals surface area contributed by atoms with Crippen LogP contribution in [0.1, 0.15) is 28.4 Å². The largest absolute Gasteiger partial charge is 0.318 e. The molecule has 8 heteroatoms. The summed E-state index contributed by atoms with van der Waals surface area (Å²) in [5, 5.41) is 6.70. The zero-order valence-corrected chi connectivity index (χ0v) is 19.6. The van der Waals surface area contributed by atoms with Gasteiger partial charge in [0.1, 0.15) is 0 Å². The van der Waals surface area contributed by atoms with Crippen molar-refractivity contribution >= 4 is 58.1 Å². The van der Waals surface area contributed by atoms with E-state index in [1.54, 1.807) is 18.3 Å². The lowest BCUT2D eigenvalue weighted by atomic mass is 9.94. The van der Waals surface area contributed by atoms with E-state index in [1.165, 1.54) is 5.56 Å². The highest BCUT2D eigenvalue weighted by atomic mass is 35.5. The molecule has 0 saturated heterocycles. The van der Waals surface area contributed by atoms with Gasteiger partial charge in [0, 0.05) is 11.8 Å². The highest BCUT2D eigenvalue weighted by Gasteiger charge is 2.38. The van der Waals surface area contributed by atoms with Crippen LogP contribution in [0.4, 0.5) is 5.82 Å². The fraction of sp³-hybridized carbons (Fsp3) is 0.130. The third kappa shape index (κ3) is 3.39. The number of aryl methyl sites for hydroxylation is 2. The van der Waals surface area contributed by atoms with Crippen LogP contribution >= 0.6 is 46.4 Å². The first kappa shape index (κ1) is 20.7. The molecule has 4 nitrogen and oxygen atoms in total. The van der Waals surface area contributed by atoms with Gasteiger partial charge in [0.05, 0.1) is 37.5 Å². The Bertz CT molecular complexity index is 1300. The monoisotopic (exact) mass is 488 g/mol. The molecule has 0 amide bonds. The summed E-state index contributed by atoms with van der Waals surface area (Å²) in [6.07, 6.45) is 3.49.